The van der Waals surface area contributed by atoms with Crippen LogP contribution < -0.4 is 5.32 Å². The predicted octanol–water partition coefficient (Wildman–Crippen LogP) is 3.81. The summed E-state index contributed by atoms with van der Waals surface area (Å²) in [6.45, 7) is 5.47. The molecule has 1 N–H and O–H groups in total. The maximum Gasteiger partial charge on any atom is 0.242 e. The van der Waals surface area contributed by atoms with Crippen LogP contribution in [0.2, 0.25) is 0 Å². The highest BCUT2D eigenvalue weighted by Gasteiger charge is 2.24. The normalized spacial score (nSPS) is 18.6. The number of rotatable bonds is 4. The van der Waals surface area contributed by atoms with Gasteiger partial charge in [-0.1, -0.05) is 6.92 Å². The molecule has 1 unspecified atom stereocenters. The van der Waals surface area contributed by atoms with Gasteiger partial charge in [-0.15, -0.1) is 11.3 Å². The predicted molar refractivity (Wildman–Crippen MR) is 92.5 cm³/mol. The molecule has 0 saturated carbocycles. The number of nitrogens with one attached hydrogen (secondary N) is 1. The Bertz CT molecular complexity index is 667. The lowest BCUT2D eigenvalue weighted by atomic mass is 10.00. The first-order valence-electron chi connectivity index (χ1n) is 8.08. The van der Waals surface area contributed by atoms with Crippen molar-refractivity contribution in [1.82, 2.24) is 9.88 Å². The summed E-state index contributed by atoms with van der Waals surface area (Å²) in [5.74, 6) is 0.215. The Labute approximate surface area is 135 Å². The highest BCUT2D eigenvalue weighted by molar-refractivity contribution is 7.18. The van der Waals surface area contributed by atoms with Crippen molar-refractivity contribution in [3.05, 3.63) is 23.2 Å². The molecule has 118 valence electrons. The highest BCUT2D eigenvalue weighted by Crippen LogP contribution is 2.25. The molecule has 4 nitrogen and oxygen atoms in total. The second-order valence-electron chi connectivity index (χ2n) is 5.91. The van der Waals surface area contributed by atoms with Crippen LogP contribution in [0.15, 0.2) is 18.2 Å². The van der Waals surface area contributed by atoms with Crippen LogP contribution in [0.3, 0.4) is 0 Å². The van der Waals surface area contributed by atoms with E-state index in [1.165, 1.54) is 11.1 Å². The van der Waals surface area contributed by atoms with Crippen LogP contribution in [-0.2, 0) is 4.79 Å². The fraction of sp³-hybridized carbons (Fsp3) is 0.529. The Hall–Kier alpha value is -1.62. The molecule has 1 aromatic heterocycles. The summed E-state index contributed by atoms with van der Waals surface area (Å²) in [5, 5.41) is 4.35. The molecule has 0 radical (unpaired) electrons. The Kier molecular flexibility index (Phi) is 4.62. The average molecular weight is 317 g/mol. The molecule has 1 amide bonds. The van der Waals surface area contributed by atoms with Gasteiger partial charge in [0, 0.05) is 18.3 Å². The number of nitrogens with zero attached hydrogens (tertiary/aromatic N) is 2. The third kappa shape index (κ3) is 3.24. The fourth-order valence-corrected chi connectivity index (χ4v) is 4.05. The monoisotopic (exact) mass is 317 g/mol. The largest absolute Gasteiger partial charge is 0.376 e. The van der Waals surface area contributed by atoms with Gasteiger partial charge in [0.25, 0.3) is 0 Å². The number of amides is 1. The van der Waals surface area contributed by atoms with E-state index in [1.807, 2.05) is 19.1 Å². The van der Waals surface area contributed by atoms with Crippen LogP contribution in [0.1, 0.15) is 37.6 Å². The summed E-state index contributed by atoms with van der Waals surface area (Å²) >= 11 is 1.69. The number of carbonyl (C=O) groups is 1. The second kappa shape index (κ2) is 6.65. The first-order valence-corrected chi connectivity index (χ1v) is 8.89. The molecular formula is C17H23N3OS. The van der Waals surface area contributed by atoms with Gasteiger partial charge in [0.05, 0.1) is 21.8 Å². The summed E-state index contributed by atoms with van der Waals surface area (Å²) < 4.78 is 1.17. The number of aryl methyl sites for hydroxylation is 1. The summed E-state index contributed by atoms with van der Waals surface area (Å²) in [4.78, 5) is 19.0. The number of thiazole rings is 1. The minimum atomic E-state index is 0.215. The molecule has 1 aliphatic heterocycles. The third-order valence-electron chi connectivity index (χ3n) is 4.36. The lowest BCUT2D eigenvalue weighted by Gasteiger charge is -2.35. The van der Waals surface area contributed by atoms with Crippen molar-refractivity contribution < 1.29 is 4.79 Å². The van der Waals surface area contributed by atoms with Gasteiger partial charge >= 0.3 is 0 Å². The van der Waals surface area contributed by atoms with Gasteiger partial charge in [-0.3, -0.25) is 4.79 Å². The van der Waals surface area contributed by atoms with Crippen LogP contribution >= 0.6 is 11.3 Å². The van der Waals surface area contributed by atoms with Crippen molar-refractivity contribution in [3.8, 4) is 0 Å². The number of aromatic nitrogens is 1. The van der Waals surface area contributed by atoms with Crippen LogP contribution in [-0.4, -0.2) is 34.9 Å². The van der Waals surface area contributed by atoms with E-state index in [-0.39, 0.29) is 5.91 Å². The van der Waals surface area contributed by atoms with Gasteiger partial charge in [-0.25, -0.2) is 4.98 Å². The SMILES string of the molecule is CCC1CCCCN1C(=O)CNc1ccc2nc(C)sc2c1. The van der Waals surface area contributed by atoms with Gasteiger partial charge in [0.2, 0.25) is 5.91 Å². The minimum Gasteiger partial charge on any atom is -0.376 e. The molecule has 1 atom stereocenters. The van der Waals surface area contributed by atoms with Gasteiger partial charge in [-0.2, -0.15) is 0 Å². The average Bonchev–Trinajstić information content (AvgIpc) is 2.91. The Morgan fingerprint density at radius 2 is 2.32 bits per heavy atom. The lowest BCUT2D eigenvalue weighted by Crippen LogP contribution is -2.45. The molecular weight excluding hydrogens is 294 g/mol. The quantitative estimate of drug-likeness (QED) is 0.932. The molecule has 0 aliphatic carbocycles. The Morgan fingerprint density at radius 1 is 1.45 bits per heavy atom. The zero-order valence-electron chi connectivity index (χ0n) is 13.3. The molecule has 2 aromatic rings. The van der Waals surface area contributed by atoms with Crippen LogP contribution in [0, 0.1) is 6.92 Å². The van der Waals surface area contributed by atoms with Gasteiger partial charge in [0.15, 0.2) is 0 Å². The van der Waals surface area contributed by atoms with Crippen molar-refractivity contribution in [2.45, 2.75) is 45.6 Å². The zero-order valence-corrected chi connectivity index (χ0v) is 14.1. The summed E-state index contributed by atoms with van der Waals surface area (Å²) in [7, 11) is 0. The molecule has 0 spiro atoms. The number of benzene rings is 1. The van der Waals surface area contributed by atoms with Crippen LogP contribution in [0.4, 0.5) is 5.69 Å². The van der Waals surface area contributed by atoms with Crippen molar-refractivity contribution in [2.24, 2.45) is 0 Å². The molecule has 1 saturated heterocycles. The van der Waals surface area contributed by atoms with Crippen molar-refractivity contribution in [3.63, 3.8) is 0 Å². The molecule has 3 rings (SSSR count). The van der Waals surface area contributed by atoms with Gasteiger partial charge in [0.1, 0.15) is 0 Å². The van der Waals surface area contributed by atoms with E-state index in [2.05, 4.69) is 28.2 Å². The lowest BCUT2D eigenvalue weighted by molar-refractivity contribution is -0.133. The highest BCUT2D eigenvalue weighted by atomic mass is 32.1. The number of hydrogen-bond donors (Lipinski definition) is 1. The summed E-state index contributed by atoms with van der Waals surface area (Å²) in [6.07, 6.45) is 4.58. The van der Waals surface area contributed by atoms with Crippen molar-refractivity contribution in [1.29, 1.82) is 0 Å². The van der Waals surface area contributed by atoms with E-state index < -0.39 is 0 Å². The first-order chi connectivity index (χ1) is 10.7. The summed E-state index contributed by atoms with van der Waals surface area (Å²) in [5.41, 5.74) is 2.02. The van der Waals surface area contributed by atoms with E-state index in [9.17, 15) is 4.79 Å². The van der Waals surface area contributed by atoms with Crippen LogP contribution in [0.5, 0.6) is 0 Å². The van der Waals surface area contributed by atoms with Gasteiger partial charge in [-0.05, 0) is 50.8 Å². The molecule has 1 aliphatic rings. The van der Waals surface area contributed by atoms with E-state index in [0.717, 1.165) is 42.0 Å². The Balaban J connectivity index is 1.63. The van der Waals surface area contributed by atoms with E-state index in [4.69, 9.17) is 0 Å². The molecule has 1 aromatic carbocycles. The molecule has 1 fully saturated rings. The van der Waals surface area contributed by atoms with E-state index >= 15 is 0 Å². The summed E-state index contributed by atoms with van der Waals surface area (Å²) in [6, 6.07) is 6.53. The molecule has 0 bridgehead atoms. The number of hydrogen-bond acceptors (Lipinski definition) is 4. The number of carbonyl (C=O) groups excluding carboxylic acids is 1. The maximum atomic E-state index is 12.5. The molecule has 22 heavy (non-hydrogen) atoms. The van der Waals surface area contributed by atoms with E-state index in [1.54, 1.807) is 11.3 Å². The minimum absolute atomic E-state index is 0.215. The standard InChI is InChI=1S/C17H23N3OS/c1-3-14-6-4-5-9-20(14)17(21)11-18-13-7-8-15-16(10-13)22-12(2)19-15/h7-8,10,14,18H,3-6,9,11H2,1-2H3. The third-order valence-corrected chi connectivity index (χ3v) is 5.29. The maximum absolute atomic E-state index is 12.5. The zero-order chi connectivity index (χ0) is 15.5. The van der Waals surface area contributed by atoms with E-state index in [0.29, 0.717) is 12.6 Å². The number of likely N-dealkylation sites (tertiary alicyclic amines) is 1. The molecule has 2 heterocycles. The Morgan fingerprint density at radius 3 is 3.14 bits per heavy atom. The number of piperidine rings is 1. The van der Waals surface area contributed by atoms with Crippen molar-refractivity contribution >= 4 is 33.1 Å². The van der Waals surface area contributed by atoms with Gasteiger partial charge < -0.3 is 10.2 Å². The topological polar surface area (TPSA) is 45.2 Å². The number of fused-ring (bicyclic) bond motifs is 1. The first kappa shape index (κ1) is 15.3. The second-order valence-corrected chi connectivity index (χ2v) is 7.15. The molecule has 5 heteroatoms. The van der Waals surface area contributed by atoms with Crippen molar-refractivity contribution in [2.75, 3.05) is 18.4 Å². The smallest absolute Gasteiger partial charge is 0.242 e. The number of anilines is 1. The fourth-order valence-electron chi connectivity index (χ4n) is 3.18. The van der Waals surface area contributed by atoms with Crippen LogP contribution in [0.25, 0.3) is 10.2 Å².